The number of nitro benzene ring substituents is 2. The largest absolute Gasteiger partial charge is 0.348 e. The van der Waals surface area contributed by atoms with Crippen LogP contribution in [0.1, 0.15) is 36.0 Å². The molecule has 8 nitrogen and oxygen atoms in total. The van der Waals surface area contributed by atoms with Crippen molar-refractivity contribution in [3.8, 4) is 0 Å². The van der Waals surface area contributed by atoms with E-state index in [0.29, 0.717) is 5.25 Å². The van der Waals surface area contributed by atoms with E-state index < -0.39 is 27.1 Å². The Labute approximate surface area is 136 Å². The maximum Gasteiger partial charge on any atom is 0.277 e. The number of rotatable bonds is 5. The smallest absolute Gasteiger partial charge is 0.277 e. The van der Waals surface area contributed by atoms with Crippen molar-refractivity contribution in [3.63, 3.8) is 0 Å². The molecule has 0 spiro atoms. The number of carbonyl (C=O) groups is 1. The van der Waals surface area contributed by atoms with Crippen LogP contribution < -0.4 is 5.32 Å². The molecule has 0 unspecified atom stereocenters. The summed E-state index contributed by atoms with van der Waals surface area (Å²) in [5.74, 6) is -0.511. The highest BCUT2D eigenvalue weighted by molar-refractivity contribution is 7.99. The molecule has 1 aromatic carbocycles. The summed E-state index contributed by atoms with van der Waals surface area (Å²) in [7, 11) is 0. The second-order valence-corrected chi connectivity index (χ2v) is 6.47. The van der Waals surface area contributed by atoms with Gasteiger partial charge in [-0.25, -0.2) is 0 Å². The van der Waals surface area contributed by atoms with E-state index in [0.717, 1.165) is 43.9 Å². The molecular weight excluding hydrogens is 322 g/mol. The van der Waals surface area contributed by atoms with Gasteiger partial charge in [0.15, 0.2) is 0 Å². The van der Waals surface area contributed by atoms with E-state index in [4.69, 9.17) is 0 Å². The SMILES string of the molecule is CS[C@@H]1CCCC[C@H]1NC(=O)c1cc([N+](=O)[O-])cc([N+](=O)[O-])c1. The number of nitro groups is 2. The van der Waals surface area contributed by atoms with Gasteiger partial charge in [-0.15, -0.1) is 0 Å². The van der Waals surface area contributed by atoms with E-state index >= 15 is 0 Å². The molecule has 1 saturated carbocycles. The summed E-state index contributed by atoms with van der Waals surface area (Å²) in [6.07, 6.45) is 5.94. The summed E-state index contributed by atoms with van der Waals surface area (Å²) >= 11 is 1.68. The Morgan fingerprint density at radius 1 is 1.13 bits per heavy atom. The maximum absolute atomic E-state index is 12.4. The molecular formula is C14H17N3O5S. The highest BCUT2D eigenvalue weighted by atomic mass is 32.2. The van der Waals surface area contributed by atoms with Crippen molar-refractivity contribution in [2.45, 2.75) is 37.0 Å². The molecule has 0 radical (unpaired) electrons. The van der Waals surface area contributed by atoms with Crippen LogP contribution in [0.5, 0.6) is 0 Å². The van der Waals surface area contributed by atoms with Crippen LogP contribution in [0.3, 0.4) is 0 Å². The number of amides is 1. The first-order valence-corrected chi connectivity index (χ1v) is 8.48. The van der Waals surface area contributed by atoms with Gasteiger partial charge in [-0.3, -0.25) is 25.0 Å². The van der Waals surface area contributed by atoms with Crippen LogP contribution in [0.15, 0.2) is 18.2 Å². The lowest BCUT2D eigenvalue weighted by molar-refractivity contribution is -0.394. The van der Waals surface area contributed by atoms with Crippen molar-refractivity contribution in [2.75, 3.05) is 6.26 Å². The quantitative estimate of drug-likeness (QED) is 0.651. The van der Waals surface area contributed by atoms with E-state index in [9.17, 15) is 25.0 Å². The highest BCUT2D eigenvalue weighted by Gasteiger charge is 2.27. The number of benzene rings is 1. The van der Waals surface area contributed by atoms with Gasteiger partial charge in [-0.2, -0.15) is 11.8 Å². The van der Waals surface area contributed by atoms with Crippen LogP contribution in [0.25, 0.3) is 0 Å². The third-order valence-corrected chi connectivity index (χ3v) is 5.08. The average Bonchev–Trinajstić information content (AvgIpc) is 2.54. The molecule has 0 bridgehead atoms. The molecule has 9 heteroatoms. The Kier molecular flexibility index (Phi) is 5.54. The number of nitrogens with one attached hydrogen (secondary N) is 1. The Hall–Kier alpha value is -2.16. The van der Waals surface area contributed by atoms with Gasteiger partial charge in [0.05, 0.1) is 21.5 Å². The van der Waals surface area contributed by atoms with Crippen molar-refractivity contribution < 1.29 is 14.6 Å². The zero-order valence-corrected chi connectivity index (χ0v) is 13.4. The van der Waals surface area contributed by atoms with Crippen molar-refractivity contribution in [2.24, 2.45) is 0 Å². The molecule has 0 heterocycles. The first-order chi connectivity index (χ1) is 10.9. The molecule has 124 valence electrons. The Morgan fingerprint density at radius 3 is 2.22 bits per heavy atom. The standard InChI is InChI=1S/C14H17N3O5S/c1-23-13-5-3-2-4-12(13)15-14(18)9-6-10(16(19)20)8-11(7-9)17(21)22/h6-8,12-13H,2-5H2,1H3,(H,15,18)/t12-,13-/m1/s1. The van der Waals surface area contributed by atoms with Crippen LogP contribution in [-0.4, -0.2) is 33.3 Å². The van der Waals surface area contributed by atoms with Crippen molar-refractivity contribution >= 4 is 29.0 Å². The third kappa shape index (κ3) is 4.19. The fraction of sp³-hybridized carbons (Fsp3) is 0.500. The number of carbonyl (C=O) groups excluding carboxylic acids is 1. The van der Waals surface area contributed by atoms with Crippen molar-refractivity contribution in [3.05, 3.63) is 44.0 Å². The second-order valence-electron chi connectivity index (χ2n) is 5.39. The van der Waals surface area contributed by atoms with Crippen LogP contribution in [-0.2, 0) is 0 Å². The monoisotopic (exact) mass is 339 g/mol. The predicted octanol–water partition coefficient (Wildman–Crippen LogP) is 2.91. The number of hydrogen-bond donors (Lipinski definition) is 1. The number of nitrogens with zero attached hydrogens (tertiary/aromatic N) is 2. The fourth-order valence-corrected chi connectivity index (χ4v) is 3.67. The molecule has 0 saturated heterocycles. The molecule has 23 heavy (non-hydrogen) atoms. The number of non-ortho nitro benzene ring substituents is 2. The van der Waals surface area contributed by atoms with Gasteiger partial charge in [0.2, 0.25) is 0 Å². The summed E-state index contributed by atoms with van der Waals surface area (Å²) < 4.78 is 0. The minimum atomic E-state index is -0.741. The minimum absolute atomic E-state index is 0.0235. The lowest BCUT2D eigenvalue weighted by Gasteiger charge is -2.30. The Balaban J connectivity index is 2.24. The topological polar surface area (TPSA) is 115 Å². The lowest BCUT2D eigenvalue weighted by Crippen LogP contribution is -2.43. The van der Waals surface area contributed by atoms with Gasteiger partial charge < -0.3 is 5.32 Å². The molecule has 2 atom stereocenters. The highest BCUT2D eigenvalue weighted by Crippen LogP contribution is 2.28. The molecule has 1 aromatic rings. The summed E-state index contributed by atoms with van der Waals surface area (Å²) in [6, 6.07) is 2.96. The van der Waals surface area contributed by atoms with Gasteiger partial charge in [-0.05, 0) is 19.1 Å². The van der Waals surface area contributed by atoms with E-state index in [1.54, 1.807) is 11.8 Å². The van der Waals surface area contributed by atoms with Gasteiger partial charge in [0, 0.05) is 23.4 Å². The van der Waals surface area contributed by atoms with Gasteiger partial charge in [-0.1, -0.05) is 12.8 Å². The van der Waals surface area contributed by atoms with Gasteiger partial charge in [0.1, 0.15) is 0 Å². The maximum atomic E-state index is 12.4. The Bertz CT molecular complexity index is 605. The summed E-state index contributed by atoms with van der Waals surface area (Å²) in [4.78, 5) is 32.7. The first kappa shape index (κ1) is 17.2. The zero-order valence-electron chi connectivity index (χ0n) is 12.6. The fourth-order valence-electron chi connectivity index (χ4n) is 2.73. The lowest BCUT2D eigenvalue weighted by atomic mass is 9.94. The molecule has 1 aliphatic carbocycles. The third-order valence-electron chi connectivity index (χ3n) is 3.91. The molecule has 0 aliphatic heterocycles. The van der Waals surface area contributed by atoms with Crippen LogP contribution in [0.4, 0.5) is 11.4 Å². The normalized spacial score (nSPS) is 20.7. The Morgan fingerprint density at radius 2 is 1.70 bits per heavy atom. The molecule has 1 N–H and O–H groups in total. The zero-order chi connectivity index (χ0) is 17.0. The number of hydrogen-bond acceptors (Lipinski definition) is 6. The first-order valence-electron chi connectivity index (χ1n) is 7.20. The molecule has 2 rings (SSSR count). The average molecular weight is 339 g/mol. The van der Waals surface area contributed by atoms with Gasteiger partial charge in [0.25, 0.3) is 17.3 Å². The van der Waals surface area contributed by atoms with Crippen molar-refractivity contribution in [1.82, 2.24) is 5.32 Å². The number of thioether (sulfide) groups is 1. The van der Waals surface area contributed by atoms with Crippen LogP contribution in [0.2, 0.25) is 0 Å². The summed E-state index contributed by atoms with van der Waals surface area (Å²) in [5.41, 5.74) is -0.986. The van der Waals surface area contributed by atoms with Crippen molar-refractivity contribution in [1.29, 1.82) is 0 Å². The van der Waals surface area contributed by atoms with E-state index in [2.05, 4.69) is 5.32 Å². The predicted molar refractivity (Wildman–Crippen MR) is 86.8 cm³/mol. The molecule has 0 aromatic heterocycles. The van der Waals surface area contributed by atoms with E-state index in [1.807, 2.05) is 6.26 Å². The van der Waals surface area contributed by atoms with Gasteiger partial charge >= 0.3 is 0 Å². The van der Waals surface area contributed by atoms with E-state index in [1.165, 1.54) is 0 Å². The molecule has 1 amide bonds. The second kappa shape index (κ2) is 7.40. The summed E-state index contributed by atoms with van der Waals surface area (Å²) in [6.45, 7) is 0. The van der Waals surface area contributed by atoms with Crippen LogP contribution >= 0.6 is 11.8 Å². The summed E-state index contributed by atoms with van der Waals surface area (Å²) in [5, 5.41) is 24.9. The van der Waals surface area contributed by atoms with E-state index in [-0.39, 0.29) is 11.6 Å². The molecule has 1 fully saturated rings. The minimum Gasteiger partial charge on any atom is -0.348 e. The molecule has 1 aliphatic rings. The van der Waals surface area contributed by atoms with Crippen LogP contribution in [0, 0.1) is 20.2 Å².